The Kier molecular flexibility index (Phi) is 4.62. The average molecular weight is 336 g/mol. The summed E-state index contributed by atoms with van der Waals surface area (Å²) in [5.74, 6) is 1.24. The maximum Gasteiger partial charge on any atom is 0.159 e. The van der Waals surface area contributed by atoms with Gasteiger partial charge in [0.05, 0.1) is 18.5 Å². The molecule has 1 heterocycles. The first-order valence-corrected chi connectivity index (χ1v) is 8.50. The Morgan fingerprint density at radius 2 is 1.92 bits per heavy atom. The maximum absolute atomic E-state index is 12.4. The van der Waals surface area contributed by atoms with Crippen LogP contribution in [0.3, 0.4) is 0 Å². The molecule has 0 N–H and O–H groups in total. The number of carbonyl (C=O) groups excluding carboxylic acids is 1. The van der Waals surface area contributed by atoms with Crippen LogP contribution >= 0.6 is 0 Å². The highest BCUT2D eigenvalue weighted by Crippen LogP contribution is 2.37. The molecule has 4 nitrogen and oxygen atoms in total. The van der Waals surface area contributed by atoms with Crippen molar-refractivity contribution < 1.29 is 9.53 Å². The zero-order valence-corrected chi connectivity index (χ0v) is 15.3. The lowest BCUT2D eigenvalue weighted by Gasteiger charge is -2.25. The van der Waals surface area contributed by atoms with Crippen LogP contribution < -0.4 is 4.74 Å². The second kappa shape index (κ2) is 6.71. The van der Waals surface area contributed by atoms with E-state index in [1.165, 1.54) is 0 Å². The molecule has 0 aliphatic heterocycles. The van der Waals surface area contributed by atoms with Gasteiger partial charge in [-0.15, -0.1) is 0 Å². The number of methoxy groups -OCH3 is 1. The van der Waals surface area contributed by atoms with Crippen molar-refractivity contribution in [3.63, 3.8) is 0 Å². The molecule has 0 bridgehead atoms. The van der Waals surface area contributed by atoms with E-state index in [1.54, 1.807) is 7.11 Å². The van der Waals surface area contributed by atoms with Crippen LogP contribution in [0.2, 0.25) is 0 Å². The molecule has 130 valence electrons. The Bertz CT molecular complexity index is 857. The minimum Gasteiger partial charge on any atom is -0.497 e. The van der Waals surface area contributed by atoms with Gasteiger partial charge in [0, 0.05) is 18.2 Å². The van der Waals surface area contributed by atoms with Gasteiger partial charge in [0.15, 0.2) is 5.78 Å². The van der Waals surface area contributed by atoms with E-state index in [1.807, 2.05) is 55.9 Å². The summed E-state index contributed by atoms with van der Waals surface area (Å²) in [4.78, 5) is 12.4. The highest BCUT2D eigenvalue weighted by Gasteiger charge is 2.28. The minimum absolute atomic E-state index is 0.214. The predicted molar refractivity (Wildman–Crippen MR) is 100.0 cm³/mol. The number of nitrogens with zero attached hydrogens (tertiary/aromatic N) is 2. The van der Waals surface area contributed by atoms with E-state index >= 15 is 0 Å². The number of rotatable bonds is 4. The molecule has 4 heteroatoms. The summed E-state index contributed by atoms with van der Waals surface area (Å²) >= 11 is 0. The molecule has 1 aromatic heterocycles. The van der Waals surface area contributed by atoms with Gasteiger partial charge in [-0.1, -0.05) is 12.2 Å². The monoisotopic (exact) mass is 336 g/mol. The zero-order chi connectivity index (χ0) is 18.1. The van der Waals surface area contributed by atoms with Crippen LogP contribution in [-0.4, -0.2) is 22.7 Å². The first-order chi connectivity index (χ1) is 11.9. The van der Waals surface area contributed by atoms with E-state index in [0.717, 1.165) is 45.8 Å². The summed E-state index contributed by atoms with van der Waals surface area (Å²) in [5, 5.41) is 4.65. The number of ketones is 1. The summed E-state index contributed by atoms with van der Waals surface area (Å²) in [5.41, 5.74) is 5.97. The number of carbonyl (C=O) groups is 1. The standard InChI is InChI=1S/C21H24N2O2/c1-13(2)16-10-19(14(3)21(24)11-16)20-12-23(22-15(20)4)17-6-8-18(25-5)9-7-17/h6-9,12,16H,1,10-11H2,2-5H3. The first-order valence-electron chi connectivity index (χ1n) is 8.50. The number of aromatic nitrogens is 2. The Morgan fingerprint density at radius 3 is 2.52 bits per heavy atom. The summed E-state index contributed by atoms with van der Waals surface area (Å²) in [6.45, 7) is 9.97. The predicted octanol–water partition coefficient (Wildman–Crippen LogP) is 4.52. The van der Waals surface area contributed by atoms with Crippen LogP contribution in [0.25, 0.3) is 11.3 Å². The number of hydrogen-bond acceptors (Lipinski definition) is 3. The molecule has 0 spiro atoms. The molecule has 1 aliphatic rings. The van der Waals surface area contributed by atoms with E-state index in [-0.39, 0.29) is 11.7 Å². The maximum atomic E-state index is 12.4. The average Bonchev–Trinajstić information content (AvgIpc) is 2.98. The Balaban J connectivity index is 2.00. The Hall–Kier alpha value is -2.62. The van der Waals surface area contributed by atoms with Crippen molar-refractivity contribution in [1.82, 2.24) is 9.78 Å². The molecular weight excluding hydrogens is 312 g/mol. The van der Waals surface area contributed by atoms with Gasteiger partial charge < -0.3 is 4.74 Å². The number of benzene rings is 1. The largest absolute Gasteiger partial charge is 0.497 e. The summed E-state index contributed by atoms with van der Waals surface area (Å²) in [6.07, 6.45) is 3.43. The van der Waals surface area contributed by atoms with Crippen molar-refractivity contribution in [2.24, 2.45) is 5.92 Å². The molecule has 0 radical (unpaired) electrons. The fourth-order valence-electron chi connectivity index (χ4n) is 3.30. The molecule has 0 saturated heterocycles. The zero-order valence-electron chi connectivity index (χ0n) is 15.3. The smallest absolute Gasteiger partial charge is 0.159 e. The van der Waals surface area contributed by atoms with Crippen LogP contribution in [-0.2, 0) is 4.79 Å². The third kappa shape index (κ3) is 3.29. The van der Waals surface area contributed by atoms with Gasteiger partial charge in [0.2, 0.25) is 0 Å². The van der Waals surface area contributed by atoms with Crippen molar-refractivity contribution in [2.75, 3.05) is 7.11 Å². The Morgan fingerprint density at radius 1 is 1.24 bits per heavy atom. The molecule has 0 fully saturated rings. The lowest BCUT2D eigenvalue weighted by molar-refractivity contribution is -0.116. The van der Waals surface area contributed by atoms with Crippen molar-refractivity contribution in [3.05, 3.63) is 59.4 Å². The van der Waals surface area contributed by atoms with E-state index in [0.29, 0.717) is 6.42 Å². The van der Waals surface area contributed by atoms with Gasteiger partial charge in [-0.25, -0.2) is 4.68 Å². The number of hydrogen-bond donors (Lipinski definition) is 0. The highest BCUT2D eigenvalue weighted by atomic mass is 16.5. The van der Waals surface area contributed by atoms with Crippen LogP contribution in [0.15, 0.2) is 48.2 Å². The van der Waals surface area contributed by atoms with Crippen molar-refractivity contribution in [2.45, 2.75) is 33.6 Å². The fourth-order valence-corrected chi connectivity index (χ4v) is 3.30. The normalized spacial score (nSPS) is 17.8. The molecule has 25 heavy (non-hydrogen) atoms. The van der Waals surface area contributed by atoms with E-state index in [2.05, 4.69) is 11.7 Å². The van der Waals surface area contributed by atoms with Crippen LogP contribution in [0.5, 0.6) is 5.75 Å². The van der Waals surface area contributed by atoms with Crippen molar-refractivity contribution in [3.8, 4) is 11.4 Å². The van der Waals surface area contributed by atoms with E-state index < -0.39 is 0 Å². The van der Waals surface area contributed by atoms with Crippen molar-refractivity contribution >= 4 is 11.4 Å². The molecule has 0 amide bonds. The van der Waals surface area contributed by atoms with Gasteiger partial charge in [-0.2, -0.15) is 5.10 Å². The second-order valence-electron chi connectivity index (χ2n) is 6.75. The highest BCUT2D eigenvalue weighted by molar-refractivity contribution is 6.04. The lowest BCUT2D eigenvalue weighted by atomic mass is 9.78. The molecule has 1 unspecified atom stereocenters. The molecule has 0 saturated carbocycles. The molecular formula is C21H24N2O2. The lowest BCUT2D eigenvalue weighted by Crippen LogP contribution is -2.18. The summed E-state index contributed by atoms with van der Waals surface area (Å²) in [6, 6.07) is 7.77. The number of aryl methyl sites for hydroxylation is 1. The molecule has 2 aromatic rings. The van der Waals surface area contributed by atoms with Crippen LogP contribution in [0, 0.1) is 12.8 Å². The van der Waals surface area contributed by atoms with E-state index in [4.69, 9.17) is 4.74 Å². The van der Waals surface area contributed by atoms with Gasteiger partial charge >= 0.3 is 0 Å². The quantitative estimate of drug-likeness (QED) is 0.771. The Labute approximate surface area is 148 Å². The number of ether oxygens (including phenoxy) is 1. The molecule has 1 atom stereocenters. The van der Waals surface area contributed by atoms with Crippen LogP contribution in [0.1, 0.15) is 37.9 Å². The topological polar surface area (TPSA) is 44.1 Å². The van der Waals surface area contributed by atoms with Crippen molar-refractivity contribution in [1.29, 1.82) is 0 Å². The second-order valence-corrected chi connectivity index (χ2v) is 6.75. The summed E-state index contributed by atoms with van der Waals surface area (Å²) in [7, 11) is 1.65. The molecule has 1 aromatic carbocycles. The molecule has 1 aliphatic carbocycles. The van der Waals surface area contributed by atoms with Gasteiger partial charge in [-0.3, -0.25) is 4.79 Å². The SMILES string of the molecule is C=C(C)C1CC(=O)C(C)=C(c2cn(-c3ccc(OC)cc3)nc2C)C1. The third-order valence-electron chi connectivity index (χ3n) is 5.01. The molecule has 3 rings (SSSR count). The van der Waals surface area contributed by atoms with Gasteiger partial charge in [0.1, 0.15) is 5.75 Å². The third-order valence-corrected chi connectivity index (χ3v) is 5.01. The van der Waals surface area contributed by atoms with Gasteiger partial charge in [0.25, 0.3) is 0 Å². The minimum atomic E-state index is 0.214. The van der Waals surface area contributed by atoms with Crippen LogP contribution in [0.4, 0.5) is 0 Å². The number of allylic oxidation sites excluding steroid dienone is 3. The van der Waals surface area contributed by atoms with E-state index in [9.17, 15) is 4.79 Å². The first kappa shape index (κ1) is 17.2. The summed E-state index contributed by atoms with van der Waals surface area (Å²) < 4.78 is 7.07. The fraction of sp³-hybridized carbons (Fsp3) is 0.333. The van der Waals surface area contributed by atoms with Gasteiger partial charge in [-0.05, 0) is 68.5 Å². The number of Topliss-reactive ketones (excluding diaryl/α,β-unsaturated/α-hetero) is 1.